The Morgan fingerprint density at radius 2 is 2.22 bits per heavy atom. The lowest BCUT2D eigenvalue weighted by atomic mass is 10.2. The predicted octanol–water partition coefficient (Wildman–Crippen LogP) is 2.71. The van der Waals surface area contributed by atoms with Crippen molar-refractivity contribution in [2.45, 2.75) is 30.0 Å². The summed E-state index contributed by atoms with van der Waals surface area (Å²) in [6, 6.07) is 9.12. The topological polar surface area (TPSA) is 81.3 Å². The molecule has 0 N–H and O–H groups in total. The number of thioether (sulfide) groups is 1. The fourth-order valence-corrected chi connectivity index (χ4v) is 3.62. The van der Waals surface area contributed by atoms with E-state index in [2.05, 4.69) is 12.0 Å². The Morgan fingerprint density at radius 1 is 1.43 bits per heavy atom. The second kappa shape index (κ2) is 6.41. The van der Waals surface area contributed by atoms with E-state index in [1.165, 1.54) is 16.9 Å². The maximum atomic E-state index is 12.7. The van der Waals surface area contributed by atoms with Crippen molar-refractivity contribution in [2.24, 2.45) is 0 Å². The van der Waals surface area contributed by atoms with Gasteiger partial charge in [0.05, 0.1) is 23.0 Å². The first-order valence-electron chi connectivity index (χ1n) is 7.28. The van der Waals surface area contributed by atoms with Gasteiger partial charge >= 0.3 is 5.82 Å². The minimum Gasteiger partial charge on any atom is -0.358 e. The van der Waals surface area contributed by atoms with E-state index in [4.69, 9.17) is 0 Å². The molecule has 0 radical (unpaired) electrons. The smallest absolute Gasteiger partial charge is 0.358 e. The van der Waals surface area contributed by atoms with Gasteiger partial charge in [0, 0.05) is 16.7 Å². The molecule has 0 saturated heterocycles. The fourth-order valence-electron chi connectivity index (χ4n) is 2.51. The van der Waals surface area contributed by atoms with E-state index in [9.17, 15) is 14.9 Å². The number of anilines is 1. The van der Waals surface area contributed by atoms with Crippen LogP contribution in [0, 0.1) is 10.1 Å². The number of nitrogens with zero attached hydrogens (tertiary/aromatic N) is 4. The van der Waals surface area contributed by atoms with Crippen molar-refractivity contribution in [3.8, 4) is 0 Å². The molecule has 0 spiro atoms. The van der Waals surface area contributed by atoms with E-state index in [-0.39, 0.29) is 18.3 Å². The molecule has 120 valence electrons. The summed E-state index contributed by atoms with van der Waals surface area (Å²) in [6.07, 6.45) is 2.35. The molecule has 1 amide bonds. The third-order valence-corrected chi connectivity index (χ3v) is 4.89. The first kappa shape index (κ1) is 15.5. The quantitative estimate of drug-likeness (QED) is 0.637. The first-order valence-corrected chi connectivity index (χ1v) is 8.16. The van der Waals surface area contributed by atoms with Gasteiger partial charge in [0.25, 0.3) is 5.91 Å². The van der Waals surface area contributed by atoms with Crippen molar-refractivity contribution in [2.75, 3.05) is 11.4 Å². The van der Waals surface area contributed by atoms with E-state index in [1.54, 1.807) is 16.7 Å². The van der Waals surface area contributed by atoms with Gasteiger partial charge in [-0.05, 0) is 23.5 Å². The maximum Gasteiger partial charge on any atom is 0.389 e. The van der Waals surface area contributed by atoms with E-state index < -0.39 is 4.92 Å². The van der Waals surface area contributed by atoms with Crippen LogP contribution in [-0.2, 0) is 11.3 Å². The number of rotatable bonds is 3. The van der Waals surface area contributed by atoms with Crippen LogP contribution in [0.4, 0.5) is 11.5 Å². The Balaban J connectivity index is 1.82. The van der Waals surface area contributed by atoms with Crippen LogP contribution in [0.5, 0.6) is 0 Å². The van der Waals surface area contributed by atoms with Crippen LogP contribution in [0.2, 0.25) is 0 Å². The van der Waals surface area contributed by atoms with E-state index in [0.717, 1.165) is 17.0 Å². The van der Waals surface area contributed by atoms with E-state index in [0.29, 0.717) is 11.8 Å². The van der Waals surface area contributed by atoms with Crippen molar-refractivity contribution in [1.82, 2.24) is 9.78 Å². The van der Waals surface area contributed by atoms with Crippen LogP contribution in [0.15, 0.2) is 41.4 Å². The number of carbonyl (C=O) groups excluding carboxylic acids is 1. The number of benzene rings is 1. The summed E-state index contributed by atoms with van der Waals surface area (Å²) in [4.78, 5) is 25.6. The summed E-state index contributed by atoms with van der Waals surface area (Å²) in [6.45, 7) is 2.76. The fraction of sp³-hybridized carbons (Fsp3) is 0.333. The molecule has 2 aromatic rings. The zero-order valence-electron chi connectivity index (χ0n) is 12.6. The van der Waals surface area contributed by atoms with Crippen LogP contribution in [0.25, 0.3) is 0 Å². The summed E-state index contributed by atoms with van der Waals surface area (Å²) in [5.74, 6) is -0.372. The molecule has 1 aromatic heterocycles. The monoisotopic (exact) mass is 332 g/mol. The van der Waals surface area contributed by atoms with Gasteiger partial charge in [-0.3, -0.25) is 4.79 Å². The van der Waals surface area contributed by atoms with Crippen molar-refractivity contribution in [3.63, 3.8) is 0 Å². The minimum absolute atomic E-state index is 0.0127. The van der Waals surface area contributed by atoms with Crippen LogP contribution in [0.1, 0.15) is 13.3 Å². The van der Waals surface area contributed by atoms with Gasteiger partial charge in [0.2, 0.25) is 0 Å². The maximum absolute atomic E-state index is 12.7. The van der Waals surface area contributed by atoms with Gasteiger partial charge in [-0.1, -0.05) is 19.1 Å². The standard InChI is InChI=1S/C15H16N4O3S/c1-11-6-9-18(12-4-2-3-5-13(12)23-11)15(20)10-17-8-7-14(16-17)19(21)22/h2-5,7-8,11H,6,9-10H2,1H3. The third kappa shape index (κ3) is 3.37. The van der Waals surface area contributed by atoms with Crippen LogP contribution < -0.4 is 4.90 Å². The van der Waals surface area contributed by atoms with E-state index >= 15 is 0 Å². The molecule has 23 heavy (non-hydrogen) atoms. The summed E-state index contributed by atoms with van der Waals surface area (Å²) in [5.41, 5.74) is 0.897. The largest absolute Gasteiger partial charge is 0.389 e. The normalized spacial score (nSPS) is 17.4. The molecule has 8 heteroatoms. The van der Waals surface area contributed by atoms with Crippen LogP contribution in [0.3, 0.4) is 0 Å². The lowest BCUT2D eigenvalue weighted by Crippen LogP contribution is -2.35. The highest BCUT2D eigenvalue weighted by Crippen LogP contribution is 2.37. The molecular formula is C15H16N4O3S. The van der Waals surface area contributed by atoms with Crippen LogP contribution in [-0.4, -0.2) is 32.4 Å². The lowest BCUT2D eigenvalue weighted by Gasteiger charge is -2.21. The summed E-state index contributed by atoms with van der Waals surface area (Å²) >= 11 is 1.76. The molecule has 2 heterocycles. The molecule has 1 atom stereocenters. The second-order valence-corrected chi connectivity index (χ2v) is 6.84. The Morgan fingerprint density at radius 3 is 2.96 bits per heavy atom. The van der Waals surface area contributed by atoms with Crippen molar-refractivity contribution in [3.05, 3.63) is 46.6 Å². The second-order valence-electron chi connectivity index (χ2n) is 5.36. The van der Waals surface area contributed by atoms with Gasteiger partial charge in [0.1, 0.15) is 6.54 Å². The van der Waals surface area contributed by atoms with Crippen molar-refractivity contribution >= 4 is 29.2 Å². The summed E-state index contributed by atoms with van der Waals surface area (Å²) in [5, 5.41) is 14.9. The zero-order chi connectivity index (χ0) is 16.4. The number of aromatic nitrogens is 2. The minimum atomic E-state index is -0.569. The summed E-state index contributed by atoms with van der Waals surface area (Å²) in [7, 11) is 0. The van der Waals surface area contributed by atoms with Gasteiger partial charge < -0.3 is 15.0 Å². The highest BCUT2D eigenvalue weighted by molar-refractivity contribution is 8.00. The molecule has 7 nitrogen and oxygen atoms in total. The Bertz CT molecular complexity index is 746. The van der Waals surface area contributed by atoms with Gasteiger partial charge in [-0.25, -0.2) is 0 Å². The van der Waals surface area contributed by atoms with Gasteiger partial charge in [-0.2, -0.15) is 4.68 Å². The average molecular weight is 332 g/mol. The third-order valence-electron chi connectivity index (χ3n) is 3.66. The predicted molar refractivity (Wildman–Crippen MR) is 87.6 cm³/mol. The average Bonchev–Trinajstić information content (AvgIpc) is 2.90. The number of nitro groups is 1. The molecule has 1 aromatic carbocycles. The van der Waals surface area contributed by atoms with Gasteiger partial charge in [-0.15, -0.1) is 11.8 Å². The molecule has 1 aliphatic heterocycles. The Labute approximate surface area is 137 Å². The number of para-hydroxylation sites is 1. The number of carbonyl (C=O) groups is 1. The number of fused-ring (bicyclic) bond motifs is 1. The number of amides is 1. The highest BCUT2D eigenvalue weighted by atomic mass is 32.2. The molecule has 0 saturated carbocycles. The number of hydrogen-bond donors (Lipinski definition) is 0. The Hall–Kier alpha value is -2.35. The highest BCUT2D eigenvalue weighted by Gasteiger charge is 2.25. The van der Waals surface area contributed by atoms with E-state index in [1.807, 2.05) is 24.3 Å². The van der Waals surface area contributed by atoms with Gasteiger partial charge in [0.15, 0.2) is 0 Å². The molecule has 0 aliphatic carbocycles. The first-order chi connectivity index (χ1) is 11.0. The zero-order valence-corrected chi connectivity index (χ0v) is 13.4. The van der Waals surface area contributed by atoms with Crippen molar-refractivity contribution in [1.29, 1.82) is 0 Å². The Kier molecular flexibility index (Phi) is 4.33. The van der Waals surface area contributed by atoms with Crippen molar-refractivity contribution < 1.29 is 9.72 Å². The van der Waals surface area contributed by atoms with Crippen LogP contribution >= 0.6 is 11.8 Å². The molecule has 1 aliphatic rings. The molecule has 0 fully saturated rings. The number of hydrogen-bond acceptors (Lipinski definition) is 5. The molecule has 3 rings (SSSR count). The summed E-state index contributed by atoms with van der Waals surface area (Å²) < 4.78 is 1.31. The molecule has 1 unspecified atom stereocenters. The lowest BCUT2D eigenvalue weighted by molar-refractivity contribution is -0.389. The molecular weight excluding hydrogens is 316 g/mol. The molecule has 0 bridgehead atoms. The SMILES string of the molecule is CC1CCN(C(=O)Cn2ccc([N+](=O)[O-])n2)c2ccccc2S1.